The number of hydrogen-bond donors (Lipinski definition) is 1. The first-order valence-corrected chi connectivity index (χ1v) is 7.90. The van der Waals surface area contributed by atoms with Crippen LogP contribution in [0, 0.1) is 12.9 Å². The zero-order valence-electron chi connectivity index (χ0n) is 13.7. The van der Waals surface area contributed by atoms with Gasteiger partial charge in [0.05, 0.1) is 11.3 Å². The summed E-state index contributed by atoms with van der Waals surface area (Å²) in [5, 5.41) is 0. The lowest BCUT2D eigenvalue weighted by Gasteiger charge is -2.28. The van der Waals surface area contributed by atoms with Crippen molar-refractivity contribution in [2.45, 2.75) is 46.2 Å². The molecule has 3 heterocycles. The highest BCUT2D eigenvalue weighted by Gasteiger charge is 2.23. The van der Waals surface area contributed by atoms with Crippen LogP contribution in [0.4, 0.5) is 4.39 Å². The lowest BCUT2D eigenvalue weighted by Crippen LogP contribution is -2.36. The van der Waals surface area contributed by atoms with E-state index in [1.54, 1.807) is 6.07 Å². The van der Waals surface area contributed by atoms with Crippen molar-refractivity contribution in [3.05, 3.63) is 56.8 Å². The summed E-state index contributed by atoms with van der Waals surface area (Å²) < 4.78 is 13.9. The van der Waals surface area contributed by atoms with Crippen LogP contribution in [-0.4, -0.2) is 26.4 Å². The van der Waals surface area contributed by atoms with E-state index in [9.17, 15) is 9.18 Å². The smallest absolute Gasteiger partial charge is 0.255 e. The molecule has 5 nitrogen and oxygen atoms in total. The highest BCUT2D eigenvalue weighted by Crippen LogP contribution is 2.20. The first-order chi connectivity index (χ1) is 11.0. The van der Waals surface area contributed by atoms with Crippen LogP contribution in [-0.2, 0) is 19.5 Å². The fraction of sp³-hybridized carbons (Fsp3) is 0.471. The Bertz CT molecular complexity index is 764. The van der Waals surface area contributed by atoms with Crippen LogP contribution >= 0.6 is 0 Å². The number of nitrogens with zero attached hydrogens (tertiary/aromatic N) is 3. The van der Waals surface area contributed by atoms with Crippen molar-refractivity contribution in [1.82, 2.24) is 19.9 Å². The van der Waals surface area contributed by atoms with Gasteiger partial charge in [0.1, 0.15) is 5.82 Å². The van der Waals surface area contributed by atoms with Gasteiger partial charge >= 0.3 is 0 Å². The topological polar surface area (TPSA) is 61.9 Å². The van der Waals surface area contributed by atoms with Gasteiger partial charge in [-0.15, -0.1) is 0 Å². The van der Waals surface area contributed by atoms with E-state index in [0.29, 0.717) is 30.6 Å². The maximum Gasteiger partial charge on any atom is 0.255 e. The molecule has 2 aromatic heterocycles. The van der Waals surface area contributed by atoms with Crippen molar-refractivity contribution in [3.8, 4) is 0 Å². The minimum absolute atomic E-state index is 0.0771. The first kappa shape index (κ1) is 15.8. The standard InChI is InChI=1S/C17H21FN4O/c1-10(2)16-20-14-5-7-22(9-13(14)17(23)21-16)8-12-11(3)4-6-19-15(12)18/h4,6,10H,5,7-9H2,1-3H3,(H,20,21,23). The fourth-order valence-corrected chi connectivity index (χ4v) is 2.88. The Labute approximate surface area is 134 Å². The molecule has 2 aromatic rings. The molecule has 6 heteroatoms. The number of nitrogens with one attached hydrogen (secondary N) is 1. The number of H-pyrrole nitrogens is 1. The maximum absolute atomic E-state index is 13.9. The predicted molar refractivity (Wildman–Crippen MR) is 85.7 cm³/mol. The van der Waals surface area contributed by atoms with E-state index in [4.69, 9.17) is 0 Å². The Morgan fingerprint density at radius 2 is 2.22 bits per heavy atom. The molecule has 1 aliphatic rings. The summed E-state index contributed by atoms with van der Waals surface area (Å²) in [7, 11) is 0. The molecule has 0 spiro atoms. The molecule has 0 radical (unpaired) electrons. The van der Waals surface area contributed by atoms with E-state index >= 15 is 0 Å². The Kier molecular flexibility index (Phi) is 4.26. The molecule has 0 bridgehead atoms. The lowest BCUT2D eigenvalue weighted by molar-refractivity contribution is 0.236. The number of aryl methyl sites for hydroxylation is 1. The maximum atomic E-state index is 13.9. The van der Waals surface area contributed by atoms with Crippen molar-refractivity contribution in [2.24, 2.45) is 0 Å². The Morgan fingerprint density at radius 1 is 1.43 bits per heavy atom. The van der Waals surface area contributed by atoms with Crippen LogP contribution in [0.5, 0.6) is 0 Å². The molecule has 0 atom stereocenters. The zero-order valence-corrected chi connectivity index (χ0v) is 13.7. The molecular formula is C17H21FN4O. The van der Waals surface area contributed by atoms with Crippen LogP contribution in [0.2, 0.25) is 0 Å². The SMILES string of the molecule is Cc1ccnc(F)c1CN1CCc2nc(C(C)C)[nH]c(=O)c2C1. The summed E-state index contributed by atoms with van der Waals surface area (Å²) in [6.45, 7) is 7.59. The summed E-state index contributed by atoms with van der Waals surface area (Å²) in [5.74, 6) is 0.493. The second-order valence-corrected chi connectivity index (χ2v) is 6.39. The van der Waals surface area contributed by atoms with Crippen molar-refractivity contribution >= 4 is 0 Å². The highest BCUT2D eigenvalue weighted by atomic mass is 19.1. The van der Waals surface area contributed by atoms with Gasteiger partial charge in [-0.25, -0.2) is 9.97 Å². The van der Waals surface area contributed by atoms with Crippen molar-refractivity contribution < 1.29 is 4.39 Å². The minimum atomic E-state index is -0.432. The quantitative estimate of drug-likeness (QED) is 0.883. The second-order valence-electron chi connectivity index (χ2n) is 6.39. The van der Waals surface area contributed by atoms with E-state index in [1.165, 1.54) is 6.20 Å². The third-order valence-corrected chi connectivity index (χ3v) is 4.33. The summed E-state index contributed by atoms with van der Waals surface area (Å²) in [6, 6.07) is 1.81. The van der Waals surface area contributed by atoms with Gasteiger partial charge in [-0.3, -0.25) is 9.69 Å². The molecule has 0 aromatic carbocycles. The van der Waals surface area contributed by atoms with Gasteiger partial charge in [-0.2, -0.15) is 4.39 Å². The van der Waals surface area contributed by atoms with Gasteiger partial charge in [0.25, 0.3) is 5.56 Å². The van der Waals surface area contributed by atoms with Crippen LogP contribution in [0.3, 0.4) is 0 Å². The van der Waals surface area contributed by atoms with E-state index in [2.05, 4.69) is 19.9 Å². The molecule has 1 N–H and O–H groups in total. The number of rotatable bonds is 3. The van der Waals surface area contributed by atoms with Crippen molar-refractivity contribution in [3.63, 3.8) is 0 Å². The number of fused-ring (bicyclic) bond motifs is 1. The average Bonchev–Trinajstić information content (AvgIpc) is 2.51. The predicted octanol–water partition coefficient (Wildman–Crippen LogP) is 2.29. The molecule has 0 aliphatic carbocycles. The fourth-order valence-electron chi connectivity index (χ4n) is 2.88. The Balaban J connectivity index is 1.85. The van der Waals surface area contributed by atoms with Gasteiger partial charge in [0, 0.05) is 43.7 Å². The first-order valence-electron chi connectivity index (χ1n) is 7.90. The van der Waals surface area contributed by atoms with E-state index in [0.717, 1.165) is 23.6 Å². The second kappa shape index (κ2) is 6.20. The molecule has 3 rings (SSSR count). The molecule has 1 aliphatic heterocycles. The monoisotopic (exact) mass is 316 g/mol. The summed E-state index contributed by atoms with van der Waals surface area (Å²) in [6.07, 6.45) is 2.18. The molecule has 0 saturated heterocycles. The average molecular weight is 316 g/mol. The molecular weight excluding hydrogens is 295 g/mol. The van der Waals surface area contributed by atoms with Gasteiger partial charge in [-0.1, -0.05) is 13.8 Å². The van der Waals surface area contributed by atoms with Gasteiger partial charge in [0.15, 0.2) is 0 Å². The van der Waals surface area contributed by atoms with Gasteiger partial charge in [0.2, 0.25) is 5.95 Å². The molecule has 23 heavy (non-hydrogen) atoms. The normalized spacial score (nSPS) is 15.0. The highest BCUT2D eigenvalue weighted by molar-refractivity contribution is 5.25. The summed E-state index contributed by atoms with van der Waals surface area (Å²) >= 11 is 0. The number of hydrogen-bond acceptors (Lipinski definition) is 4. The van der Waals surface area contributed by atoms with Gasteiger partial charge in [-0.05, 0) is 18.6 Å². The van der Waals surface area contributed by atoms with Crippen LogP contribution < -0.4 is 5.56 Å². The molecule has 0 amide bonds. The van der Waals surface area contributed by atoms with Crippen molar-refractivity contribution in [1.29, 1.82) is 0 Å². The Morgan fingerprint density at radius 3 is 2.91 bits per heavy atom. The van der Waals surface area contributed by atoms with E-state index in [1.807, 2.05) is 20.8 Å². The molecule has 0 unspecified atom stereocenters. The minimum Gasteiger partial charge on any atom is -0.310 e. The molecule has 122 valence electrons. The van der Waals surface area contributed by atoms with Gasteiger partial charge < -0.3 is 4.98 Å². The number of aromatic nitrogens is 3. The van der Waals surface area contributed by atoms with Crippen LogP contribution in [0.1, 0.15) is 48.0 Å². The summed E-state index contributed by atoms with van der Waals surface area (Å²) in [5.41, 5.74) is 2.97. The third-order valence-electron chi connectivity index (χ3n) is 4.33. The molecule has 0 fully saturated rings. The van der Waals surface area contributed by atoms with Crippen molar-refractivity contribution in [2.75, 3.05) is 6.54 Å². The third kappa shape index (κ3) is 3.17. The zero-order chi connectivity index (χ0) is 16.6. The van der Waals surface area contributed by atoms with Crippen LogP contribution in [0.15, 0.2) is 17.1 Å². The lowest BCUT2D eigenvalue weighted by atomic mass is 10.0. The van der Waals surface area contributed by atoms with Crippen LogP contribution in [0.25, 0.3) is 0 Å². The largest absolute Gasteiger partial charge is 0.310 e. The number of aromatic amines is 1. The molecule has 0 saturated carbocycles. The van der Waals surface area contributed by atoms with E-state index in [-0.39, 0.29) is 11.5 Å². The summed E-state index contributed by atoms with van der Waals surface area (Å²) in [4.78, 5) is 25.6. The van der Waals surface area contributed by atoms with E-state index < -0.39 is 5.95 Å². The number of halogens is 1. The Hall–Kier alpha value is -2.08. The number of pyridine rings is 1.